The molecular weight excluding hydrogens is 232 g/mol. The van der Waals surface area contributed by atoms with Crippen LogP contribution < -0.4 is 5.73 Å². The zero-order chi connectivity index (χ0) is 13.8. The summed E-state index contributed by atoms with van der Waals surface area (Å²) >= 11 is 0. The van der Waals surface area contributed by atoms with Gasteiger partial charge in [0.1, 0.15) is 0 Å². The van der Waals surface area contributed by atoms with Crippen LogP contribution in [0.25, 0.3) is 0 Å². The average molecular weight is 266 g/mol. The summed E-state index contributed by atoms with van der Waals surface area (Å²) in [4.78, 5) is 2.73. The highest BCUT2D eigenvalue weighted by Gasteiger charge is 2.35. The molecule has 0 amide bonds. The number of nitrogens with zero attached hydrogens (tertiary/aromatic N) is 1. The van der Waals surface area contributed by atoms with E-state index in [1.807, 2.05) is 0 Å². The van der Waals surface area contributed by atoms with Crippen molar-refractivity contribution in [1.29, 1.82) is 0 Å². The Morgan fingerprint density at radius 1 is 1.05 bits per heavy atom. The first kappa shape index (κ1) is 15.3. The molecule has 2 fully saturated rings. The van der Waals surface area contributed by atoms with E-state index in [0.717, 1.165) is 36.4 Å². The molecule has 0 radical (unpaired) electrons. The van der Waals surface area contributed by atoms with Gasteiger partial charge >= 0.3 is 0 Å². The molecule has 0 aromatic heterocycles. The molecule has 2 nitrogen and oxygen atoms in total. The Morgan fingerprint density at radius 3 is 2.32 bits per heavy atom. The van der Waals surface area contributed by atoms with Crippen LogP contribution in [-0.2, 0) is 0 Å². The van der Waals surface area contributed by atoms with Crippen molar-refractivity contribution in [2.45, 2.75) is 77.3 Å². The molecule has 0 heterocycles. The van der Waals surface area contributed by atoms with E-state index in [1.54, 1.807) is 0 Å². The molecule has 2 N–H and O–H groups in total. The van der Waals surface area contributed by atoms with Crippen molar-refractivity contribution in [3.05, 3.63) is 0 Å². The summed E-state index contributed by atoms with van der Waals surface area (Å²) in [5.41, 5.74) is 6.04. The van der Waals surface area contributed by atoms with Gasteiger partial charge in [0.05, 0.1) is 0 Å². The third kappa shape index (κ3) is 3.72. The van der Waals surface area contributed by atoms with E-state index < -0.39 is 0 Å². The van der Waals surface area contributed by atoms with Crippen molar-refractivity contribution in [3.8, 4) is 0 Å². The standard InChI is InChI=1S/C17H34N2/c1-4-14-7-8-15(12-18)17(11-14)19(3)16-9-5-13(2)6-10-16/h13-17H,4-12,18H2,1-3H3. The number of nitrogens with two attached hydrogens (primary N) is 1. The quantitative estimate of drug-likeness (QED) is 0.841. The fourth-order valence-electron chi connectivity index (χ4n) is 4.36. The van der Waals surface area contributed by atoms with E-state index in [-0.39, 0.29) is 0 Å². The smallest absolute Gasteiger partial charge is 0.0138 e. The molecule has 0 aromatic carbocycles. The van der Waals surface area contributed by atoms with Gasteiger partial charge in [0.2, 0.25) is 0 Å². The van der Waals surface area contributed by atoms with Gasteiger partial charge in [-0.3, -0.25) is 0 Å². The maximum absolute atomic E-state index is 6.04. The summed E-state index contributed by atoms with van der Waals surface area (Å²) in [6, 6.07) is 1.58. The highest BCUT2D eigenvalue weighted by atomic mass is 15.2. The van der Waals surface area contributed by atoms with Gasteiger partial charge in [-0.05, 0) is 69.9 Å². The molecule has 0 aromatic rings. The predicted molar refractivity (Wildman–Crippen MR) is 83.1 cm³/mol. The lowest BCUT2D eigenvalue weighted by molar-refractivity contribution is 0.0483. The van der Waals surface area contributed by atoms with Gasteiger partial charge in [-0.15, -0.1) is 0 Å². The number of rotatable bonds is 4. The molecule has 2 aliphatic rings. The van der Waals surface area contributed by atoms with E-state index in [9.17, 15) is 0 Å². The summed E-state index contributed by atoms with van der Waals surface area (Å²) in [6.45, 7) is 5.65. The Labute approximate surface area is 120 Å². The van der Waals surface area contributed by atoms with Crippen LogP contribution in [0.15, 0.2) is 0 Å². The fourth-order valence-corrected chi connectivity index (χ4v) is 4.36. The minimum absolute atomic E-state index is 0.743. The minimum atomic E-state index is 0.743. The van der Waals surface area contributed by atoms with Crippen LogP contribution in [0.1, 0.15) is 65.2 Å². The Bertz CT molecular complexity index is 258. The molecule has 0 aliphatic heterocycles. The van der Waals surface area contributed by atoms with Crippen LogP contribution in [0.5, 0.6) is 0 Å². The summed E-state index contributed by atoms with van der Waals surface area (Å²) in [6.07, 6.45) is 11.2. The maximum Gasteiger partial charge on any atom is 0.0138 e. The second-order valence-electron chi connectivity index (χ2n) is 7.23. The van der Waals surface area contributed by atoms with Crippen molar-refractivity contribution >= 4 is 0 Å². The predicted octanol–water partition coefficient (Wildman–Crippen LogP) is 3.65. The summed E-state index contributed by atoms with van der Waals surface area (Å²) in [5, 5.41) is 0. The Kier molecular flexibility index (Phi) is 5.70. The van der Waals surface area contributed by atoms with Crippen molar-refractivity contribution in [1.82, 2.24) is 4.90 Å². The van der Waals surface area contributed by atoms with Gasteiger partial charge < -0.3 is 10.6 Å². The van der Waals surface area contributed by atoms with Gasteiger partial charge in [0.15, 0.2) is 0 Å². The molecule has 2 heteroatoms. The molecule has 0 saturated heterocycles. The molecule has 2 aliphatic carbocycles. The molecule has 2 saturated carbocycles. The molecule has 3 atom stereocenters. The van der Waals surface area contributed by atoms with E-state index >= 15 is 0 Å². The Morgan fingerprint density at radius 2 is 1.74 bits per heavy atom. The normalized spacial score (nSPS) is 40.6. The van der Waals surface area contributed by atoms with Crippen LogP contribution in [0.2, 0.25) is 0 Å². The lowest BCUT2D eigenvalue weighted by Gasteiger charge is -2.45. The van der Waals surface area contributed by atoms with Crippen LogP contribution in [-0.4, -0.2) is 30.6 Å². The molecule has 112 valence electrons. The summed E-state index contributed by atoms with van der Waals surface area (Å²) in [7, 11) is 2.38. The van der Waals surface area contributed by atoms with E-state index in [2.05, 4.69) is 25.8 Å². The topological polar surface area (TPSA) is 29.3 Å². The first-order chi connectivity index (χ1) is 9.15. The van der Waals surface area contributed by atoms with Crippen LogP contribution >= 0.6 is 0 Å². The lowest BCUT2D eigenvalue weighted by atomic mass is 9.75. The second kappa shape index (κ2) is 7.08. The number of hydrogen-bond acceptors (Lipinski definition) is 2. The SMILES string of the molecule is CCC1CCC(CN)C(N(C)C2CCC(C)CC2)C1. The number of hydrogen-bond donors (Lipinski definition) is 1. The third-order valence-electron chi connectivity index (χ3n) is 6.03. The highest BCUT2D eigenvalue weighted by Crippen LogP contribution is 2.36. The van der Waals surface area contributed by atoms with Crippen molar-refractivity contribution in [2.24, 2.45) is 23.5 Å². The van der Waals surface area contributed by atoms with Gasteiger partial charge in [0, 0.05) is 12.1 Å². The van der Waals surface area contributed by atoms with E-state index in [4.69, 9.17) is 5.73 Å². The minimum Gasteiger partial charge on any atom is -0.330 e. The first-order valence-corrected chi connectivity index (χ1v) is 8.57. The third-order valence-corrected chi connectivity index (χ3v) is 6.03. The van der Waals surface area contributed by atoms with Gasteiger partial charge in [-0.25, -0.2) is 0 Å². The zero-order valence-corrected chi connectivity index (χ0v) is 13.3. The van der Waals surface area contributed by atoms with E-state index in [1.165, 1.54) is 51.4 Å². The molecule has 0 spiro atoms. The first-order valence-electron chi connectivity index (χ1n) is 8.57. The van der Waals surface area contributed by atoms with Crippen LogP contribution in [0, 0.1) is 17.8 Å². The largest absolute Gasteiger partial charge is 0.330 e. The van der Waals surface area contributed by atoms with E-state index in [0.29, 0.717) is 0 Å². The van der Waals surface area contributed by atoms with Crippen LogP contribution in [0.3, 0.4) is 0 Å². The molecule has 0 bridgehead atoms. The van der Waals surface area contributed by atoms with Crippen molar-refractivity contribution in [3.63, 3.8) is 0 Å². The Hall–Kier alpha value is -0.0800. The molecule has 2 rings (SSSR count). The van der Waals surface area contributed by atoms with Crippen molar-refractivity contribution < 1.29 is 0 Å². The Balaban J connectivity index is 1.95. The van der Waals surface area contributed by atoms with Crippen LogP contribution in [0.4, 0.5) is 0 Å². The molecular formula is C17H34N2. The zero-order valence-electron chi connectivity index (χ0n) is 13.3. The second-order valence-corrected chi connectivity index (χ2v) is 7.23. The summed E-state index contributed by atoms with van der Waals surface area (Å²) in [5.74, 6) is 2.63. The average Bonchev–Trinajstić information content (AvgIpc) is 2.46. The van der Waals surface area contributed by atoms with Gasteiger partial charge in [-0.1, -0.05) is 26.7 Å². The maximum atomic E-state index is 6.04. The molecule has 3 unspecified atom stereocenters. The monoisotopic (exact) mass is 266 g/mol. The van der Waals surface area contributed by atoms with Gasteiger partial charge in [-0.2, -0.15) is 0 Å². The van der Waals surface area contributed by atoms with Crippen molar-refractivity contribution in [2.75, 3.05) is 13.6 Å². The highest BCUT2D eigenvalue weighted by molar-refractivity contribution is 4.89. The van der Waals surface area contributed by atoms with Gasteiger partial charge in [0.25, 0.3) is 0 Å². The molecule has 19 heavy (non-hydrogen) atoms. The lowest BCUT2D eigenvalue weighted by Crippen LogP contribution is -2.50. The fraction of sp³-hybridized carbons (Fsp3) is 1.00. The summed E-state index contributed by atoms with van der Waals surface area (Å²) < 4.78 is 0.